The second-order valence-electron chi connectivity index (χ2n) is 7.00. The van der Waals surface area contributed by atoms with E-state index in [1.807, 2.05) is 57.2 Å². The largest absolute Gasteiger partial charge is 0.325 e. The van der Waals surface area contributed by atoms with Gasteiger partial charge in [-0.05, 0) is 74.4 Å². The molecule has 3 aromatic rings. The Bertz CT molecular complexity index is 1050. The van der Waals surface area contributed by atoms with Gasteiger partial charge in [-0.15, -0.1) is 11.8 Å². The summed E-state index contributed by atoms with van der Waals surface area (Å²) in [4.78, 5) is 25.9. The third kappa shape index (κ3) is 5.48. The first-order valence-electron chi connectivity index (χ1n) is 9.54. The quantitative estimate of drug-likeness (QED) is 0.493. The van der Waals surface area contributed by atoms with Crippen molar-refractivity contribution < 1.29 is 14.0 Å². The molecule has 0 bridgehead atoms. The van der Waals surface area contributed by atoms with Gasteiger partial charge in [0.25, 0.3) is 5.91 Å². The van der Waals surface area contributed by atoms with Gasteiger partial charge in [-0.3, -0.25) is 9.59 Å². The van der Waals surface area contributed by atoms with Crippen LogP contribution >= 0.6 is 11.8 Å². The molecule has 0 radical (unpaired) electrons. The Balaban J connectivity index is 1.64. The first kappa shape index (κ1) is 21.6. The molecule has 30 heavy (non-hydrogen) atoms. The van der Waals surface area contributed by atoms with E-state index in [2.05, 4.69) is 10.6 Å². The fourth-order valence-corrected chi connectivity index (χ4v) is 3.87. The van der Waals surface area contributed by atoms with E-state index in [0.29, 0.717) is 11.3 Å². The van der Waals surface area contributed by atoms with Crippen LogP contribution in [0.2, 0.25) is 0 Å². The van der Waals surface area contributed by atoms with Crippen LogP contribution in [-0.4, -0.2) is 17.1 Å². The third-order valence-electron chi connectivity index (χ3n) is 4.61. The number of carbonyl (C=O) groups is 2. The molecule has 6 heteroatoms. The van der Waals surface area contributed by atoms with Crippen molar-refractivity contribution in [3.8, 4) is 0 Å². The average molecular weight is 423 g/mol. The first-order valence-corrected chi connectivity index (χ1v) is 10.4. The topological polar surface area (TPSA) is 58.2 Å². The molecule has 0 saturated heterocycles. The number of carbonyl (C=O) groups excluding carboxylic acids is 2. The van der Waals surface area contributed by atoms with Crippen molar-refractivity contribution in [2.45, 2.75) is 30.9 Å². The standard InChI is InChI=1S/C24H23FN2O2S/c1-15-6-4-7-16(2)22(15)27-23(28)17(3)30-21-9-5-8-20(14-21)26-24(29)18-10-12-19(25)13-11-18/h4-14,17H,1-3H3,(H,26,29)(H,27,28). The molecule has 0 spiro atoms. The Morgan fingerprint density at radius 3 is 2.20 bits per heavy atom. The summed E-state index contributed by atoms with van der Waals surface area (Å²) in [6.45, 7) is 5.78. The third-order valence-corrected chi connectivity index (χ3v) is 5.70. The predicted octanol–water partition coefficient (Wildman–Crippen LogP) is 5.81. The van der Waals surface area contributed by atoms with Gasteiger partial charge in [-0.1, -0.05) is 24.3 Å². The summed E-state index contributed by atoms with van der Waals surface area (Å²) in [5, 5.41) is 5.48. The number of amides is 2. The Kier molecular flexibility index (Phi) is 6.90. The molecule has 3 aromatic carbocycles. The monoisotopic (exact) mass is 422 g/mol. The van der Waals surface area contributed by atoms with Gasteiger partial charge in [0, 0.05) is 21.8 Å². The fraction of sp³-hybridized carbons (Fsp3) is 0.167. The van der Waals surface area contributed by atoms with Crippen molar-refractivity contribution in [1.82, 2.24) is 0 Å². The lowest BCUT2D eigenvalue weighted by Crippen LogP contribution is -2.23. The van der Waals surface area contributed by atoms with Crippen LogP contribution in [0.5, 0.6) is 0 Å². The highest BCUT2D eigenvalue weighted by Gasteiger charge is 2.17. The maximum Gasteiger partial charge on any atom is 0.255 e. The van der Waals surface area contributed by atoms with Crippen LogP contribution in [0.15, 0.2) is 71.6 Å². The number of hydrogen-bond acceptors (Lipinski definition) is 3. The molecule has 4 nitrogen and oxygen atoms in total. The Hall–Kier alpha value is -3.12. The van der Waals surface area contributed by atoms with Crippen molar-refractivity contribution in [1.29, 1.82) is 0 Å². The van der Waals surface area contributed by atoms with Gasteiger partial charge < -0.3 is 10.6 Å². The maximum atomic E-state index is 13.0. The molecule has 1 unspecified atom stereocenters. The number of rotatable bonds is 6. The zero-order chi connectivity index (χ0) is 21.7. The van der Waals surface area contributed by atoms with E-state index in [1.165, 1.54) is 36.0 Å². The molecule has 0 fully saturated rings. The van der Waals surface area contributed by atoms with Crippen LogP contribution in [0.25, 0.3) is 0 Å². The van der Waals surface area contributed by atoms with Gasteiger partial charge in [0.2, 0.25) is 5.91 Å². The second-order valence-corrected chi connectivity index (χ2v) is 8.42. The molecule has 0 heterocycles. The summed E-state index contributed by atoms with van der Waals surface area (Å²) >= 11 is 1.41. The van der Waals surface area contributed by atoms with E-state index >= 15 is 0 Å². The van der Waals surface area contributed by atoms with Gasteiger partial charge in [-0.25, -0.2) is 4.39 Å². The number of thioether (sulfide) groups is 1. The predicted molar refractivity (Wildman–Crippen MR) is 121 cm³/mol. The molecule has 0 aliphatic carbocycles. The summed E-state index contributed by atoms with van der Waals surface area (Å²) in [6.07, 6.45) is 0. The minimum absolute atomic E-state index is 0.0850. The number of aryl methyl sites for hydroxylation is 2. The number of anilines is 2. The van der Waals surface area contributed by atoms with E-state index in [1.54, 1.807) is 6.07 Å². The van der Waals surface area contributed by atoms with Gasteiger partial charge >= 0.3 is 0 Å². The summed E-state index contributed by atoms with van der Waals surface area (Å²) in [5.41, 5.74) is 3.86. The smallest absolute Gasteiger partial charge is 0.255 e. The SMILES string of the molecule is Cc1cccc(C)c1NC(=O)C(C)Sc1cccc(NC(=O)c2ccc(F)cc2)c1. The lowest BCUT2D eigenvalue weighted by atomic mass is 10.1. The number of benzene rings is 3. The Morgan fingerprint density at radius 1 is 0.900 bits per heavy atom. The molecule has 3 rings (SSSR count). The summed E-state index contributed by atoms with van der Waals surface area (Å²) in [6, 6.07) is 18.6. The van der Waals surface area contributed by atoms with Crippen LogP contribution in [0, 0.1) is 19.7 Å². The normalized spacial score (nSPS) is 11.6. The van der Waals surface area contributed by atoms with Crippen molar-refractivity contribution >= 4 is 35.0 Å². The van der Waals surface area contributed by atoms with E-state index in [-0.39, 0.29) is 17.1 Å². The molecule has 2 amide bonds. The van der Waals surface area contributed by atoms with Crippen LogP contribution in [-0.2, 0) is 4.79 Å². The van der Waals surface area contributed by atoms with E-state index in [4.69, 9.17) is 0 Å². The molecule has 0 aliphatic rings. The number of nitrogens with one attached hydrogen (secondary N) is 2. The minimum Gasteiger partial charge on any atom is -0.325 e. The van der Waals surface area contributed by atoms with Crippen molar-refractivity contribution in [3.05, 3.63) is 89.2 Å². The van der Waals surface area contributed by atoms with Gasteiger partial charge in [0.05, 0.1) is 5.25 Å². The summed E-state index contributed by atoms with van der Waals surface area (Å²) < 4.78 is 13.0. The van der Waals surface area contributed by atoms with Gasteiger partial charge in [0.1, 0.15) is 5.82 Å². The molecular formula is C24H23FN2O2S. The number of para-hydroxylation sites is 1. The zero-order valence-corrected chi connectivity index (χ0v) is 17.8. The van der Waals surface area contributed by atoms with Gasteiger partial charge in [0.15, 0.2) is 0 Å². The zero-order valence-electron chi connectivity index (χ0n) is 17.0. The van der Waals surface area contributed by atoms with Crippen LogP contribution in [0.4, 0.5) is 15.8 Å². The van der Waals surface area contributed by atoms with Crippen LogP contribution in [0.1, 0.15) is 28.4 Å². The molecule has 0 aromatic heterocycles. The van der Waals surface area contributed by atoms with Gasteiger partial charge in [-0.2, -0.15) is 0 Å². The summed E-state index contributed by atoms with van der Waals surface area (Å²) in [5.74, 6) is -0.797. The molecule has 0 saturated carbocycles. The maximum absolute atomic E-state index is 13.0. The molecule has 154 valence electrons. The molecule has 0 aliphatic heterocycles. The fourth-order valence-electron chi connectivity index (χ4n) is 2.95. The summed E-state index contributed by atoms with van der Waals surface area (Å²) in [7, 11) is 0. The van der Waals surface area contributed by atoms with Crippen LogP contribution < -0.4 is 10.6 Å². The molecule has 2 N–H and O–H groups in total. The van der Waals surface area contributed by atoms with Crippen molar-refractivity contribution in [3.63, 3.8) is 0 Å². The highest BCUT2D eigenvalue weighted by atomic mass is 32.2. The lowest BCUT2D eigenvalue weighted by molar-refractivity contribution is -0.115. The highest BCUT2D eigenvalue weighted by molar-refractivity contribution is 8.00. The lowest BCUT2D eigenvalue weighted by Gasteiger charge is -2.16. The molecular weight excluding hydrogens is 399 g/mol. The Morgan fingerprint density at radius 2 is 1.53 bits per heavy atom. The highest BCUT2D eigenvalue weighted by Crippen LogP contribution is 2.28. The average Bonchev–Trinajstić information content (AvgIpc) is 2.71. The minimum atomic E-state index is -0.391. The van der Waals surface area contributed by atoms with E-state index in [0.717, 1.165) is 21.7 Å². The van der Waals surface area contributed by atoms with Crippen molar-refractivity contribution in [2.24, 2.45) is 0 Å². The van der Waals surface area contributed by atoms with Crippen molar-refractivity contribution in [2.75, 3.05) is 10.6 Å². The number of halogens is 1. The molecule has 1 atom stereocenters. The first-order chi connectivity index (χ1) is 14.3. The van der Waals surface area contributed by atoms with Crippen LogP contribution in [0.3, 0.4) is 0 Å². The van der Waals surface area contributed by atoms with E-state index < -0.39 is 5.82 Å². The second kappa shape index (κ2) is 9.59. The number of hydrogen-bond donors (Lipinski definition) is 2. The van der Waals surface area contributed by atoms with E-state index in [9.17, 15) is 14.0 Å². The Labute approximate surface area is 179 Å².